The van der Waals surface area contributed by atoms with Crippen LogP contribution in [0.2, 0.25) is 5.02 Å². The van der Waals surface area contributed by atoms with Crippen molar-refractivity contribution in [3.63, 3.8) is 0 Å². The Kier molecular flexibility index (Phi) is 2.94. The Hall–Kier alpha value is -0.310. The molecule has 4 heteroatoms. The molecule has 2 fully saturated rings. The van der Waals surface area contributed by atoms with Crippen molar-refractivity contribution in [2.75, 3.05) is 20.1 Å². The summed E-state index contributed by atoms with van der Waals surface area (Å²) < 4.78 is 13.1. The van der Waals surface area contributed by atoms with Crippen LogP contribution in [0.25, 0.3) is 0 Å². The summed E-state index contributed by atoms with van der Waals surface area (Å²) >= 11 is 5.82. The first-order valence-corrected chi connectivity index (χ1v) is 5.64. The number of hydrogen-bond acceptors (Lipinski definition) is 1. The van der Waals surface area contributed by atoms with Crippen LogP contribution in [0.3, 0.4) is 0 Å². The molecule has 1 saturated heterocycles. The Morgan fingerprint density at radius 2 is 2.25 bits per heavy atom. The van der Waals surface area contributed by atoms with Crippen LogP contribution < -0.4 is 0 Å². The molecule has 0 aromatic heterocycles. The van der Waals surface area contributed by atoms with Gasteiger partial charge in [0.1, 0.15) is 5.82 Å². The van der Waals surface area contributed by atoms with Gasteiger partial charge in [0.05, 0.1) is 5.02 Å². The van der Waals surface area contributed by atoms with E-state index in [1.165, 1.54) is 18.1 Å². The lowest BCUT2D eigenvalue weighted by molar-refractivity contribution is 0.363. The van der Waals surface area contributed by atoms with Crippen molar-refractivity contribution in [2.24, 2.45) is 5.92 Å². The zero-order valence-electron chi connectivity index (χ0n) is 9.04. The summed E-state index contributed by atoms with van der Waals surface area (Å²) in [4.78, 5) is 2.34. The maximum atomic E-state index is 13.1. The van der Waals surface area contributed by atoms with Gasteiger partial charge in [-0.05, 0) is 37.1 Å². The van der Waals surface area contributed by atoms with Gasteiger partial charge in [-0.25, -0.2) is 4.39 Å². The third-order valence-corrected chi connectivity index (χ3v) is 4.10. The van der Waals surface area contributed by atoms with E-state index in [0.717, 1.165) is 19.0 Å². The Balaban J connectivity index is 0.000000963. The molecule has 88 valence electrons. The monoisotopic (exact) mass is 261 g/mol. The molecule has 1 aromatic rings. The van der Waals surface area contributed by atoms with Crippen LogP contribution in [0, 0.1) is 11.7 Å². The lowest BCUT2D eigenvalue weighted by atomic mass is 9.95. The average molecular weight is 262 g/mol. The fourth-order valence-corrected chi connectivity index (χ4v) is 3.17. The first-order valence-electron chi connectivity index (χ1n) is 5.26. The minimum Gasteiger partial charge on any atom is -0.305 e. The second-order valence-electron chi connectivity index (χ2n) is 4.88. The Morgan fingerprint density at radius 1 is 1.50 bits per heavy atom. The van der Waals surface area contributed by atoms with Crippen molar-refractivity contribution >= 4 is 24.0 Å². The van der Waals surface area contributed by atoms with Gasteiger partial charge in [0.15, 0.2) is 0 Å². The van der Waals surface area contributed by atoms with Crippen LogP contribution in [0.4, 0.5) is 4.39 Å². The quantitative estimate of drug-likeness (QED) is 0.751. The number of piperidine rings is 1. The van der Waals surface area contributed by atoms with Crippen LogP contribution in [-0.2, 0) is 5.41 Å². The number of halogens is 3. The molecule has 2 aliphatic rings. The summed E-state index contributed by atoms with van der Waals surface area (Å²) in [5.41, 5.74) is 1.50. The maximum Gasteiger partial charge on any atom is 0.141 e. The SMILES string of the molecule is CN1C[C@H]2C[C@@]2(c2ccc(F)c(Cl)c2)C1.Cl. The van der Waals surface area contributed by atoms with E-state index in [-0.39, 0.29) is 28.7 Å². The fourth-order valence-electron chi connectivity index (χ4n) is 2.99. The molecule has 2 atom stereocenters. The molecule has 1 saturated carbocycles. The lowest BCUT2D eigenvalue weighted by Gasteiger charge is -2.16. The molecule has 1 aromatic carbocycles. The molecule has 1 aliphatic carbocycles. The third-order valence-electron chi connectivity index (χ3n) is 3.81. The van der Waals surface area contributed by atoms with E-state index in [1.807, 2.05) is 6.07 Å². The molecule has 1 heterocycles. The van der Waals surface area contributed by atoms with Crippen LogP contribution in [0.5, 0.6) is 0 Å². The van der Waals surface area contributed by atoms with Crippen molar-refractivity contribution in [3.8, 4) is 0 Å². The Morgan fingerprint density at radius 3 is 2.81 bits per heavy atom. The van der Waals surface area contributed by atoms with E-state index < -0.39 is 0 Å². The number of likely N-dealkylation sites (tertiary alicyclic amines) is 1. The smallest absolute Gasteiger partial charge is 0.141 e. The van der Waals surface area contributed by atoms with Gasteiger partial charge < -0.3 is 4.90 Å². The van der Waals surface area contributed by atoms with E-state index in [1.54, 1.807) is 6.07 Å². The molecule has 16 heavy (non-hydrogen) atoms. The molecule has 3 rings (SSSR count). The van der Waals surface area contributed by atoms with E-state index in [4.69, 9.17) is 11.6 Å². The predicted octanol–water partition coefficient (Wildman–Crippen LogP) is 3.10. The largest absolute Gasteiger partial charge is 0.305 e. The number of fused-ring (bicyclic) bond motifs is 1. The predicted molar refractivity (Wildman–Crippen MR) is 65.9 cm³/mol. The minimum absolute atomic E-state index is 0. The molecule has 0 amide bonds. The molecule has 0 bridgehead atoms. The highest BCUT2D eigenvalue weighted by atomic mass is 35.5. The van der Waals surface area contributed by atoms with E-state index in [0.29, 0.717) is 0 Å². The molecular formula is C12H14Cl2FN. The summed E-state index contributed by atoms with van der Waals surface area (Å²) in [6.07, 6.45) is 1.24. The minimum atomic E-state index is -0.319. The third kappa shape index (κ3) is 1.64. The van der Waals surface area contributed by atoms with Crippen molar-refractivity contribution in [1.29, 1.82) is 0 Å². The normalized spacial score (nSPS) is 32.1. The summed E-state index contributed by atoms with van der Waals surface area (Å²) in [6.45, 7) is 2.24. The van der Waals surface area contributed by atoms with Crippen LogP contribution >= 0.6 is 24.0 Å². The van der Waals surface area contributed by atoms with E-state index in [9.17, 15) is 4.39 Å². The van der Waals surface area contributed by atoms with Crippen molar-refractivity contribution in [3.05, 3.63) is 34.6 Å². The van der Waals surface area contributed by atoms with Crippen LogP contribution in [0.1, 0.15) is 12.0 Å². The van der Waals surface area contributed by atoms with Gasteiger partial charge >= 0.3 is 0 Å². The molecule has 0 unspecified atom stereocenters. The number of nitrogens with zero attached hydrogens (tertiary/aromatic N) is 1. The maximum absolute atomic E-state index is 13.1. The highest BCUT2D eigenvalue weighted by Crippen LogP contribution is 2.58. The Labute approximate surface area is 106 Å². The lowest BCUT2D eigenvalue weighted by Crippen LogP contribution is -2.22. The molecular weight excluding hydrogens is 248 g/mol. The van der Waals surface area contributed by atoms with Gasteiger partial charge in [-0.3, -0.25) is 0 Å². The van der Waals surface area contributed by atoms with Gasteiger partial charge in [0, 0.05) is 18.5 Å². The second-order valence-corrected chi connectivity index (χ2v) is 5.29. The van der Waals surface area contributed by atoms with Gasteiger partial charge in [-0.15, -0.1) is 12.4 Å². The van der Waals surface area contributed by atoms with Crippen LogP contribution in [0.15, 0.2) is 18.2 Å². The van der Waals surface area contributed by atoms with Crippen molar-refractivity contribution < 1.29 is 4.39 Å². The van der Waals surface area contributed by atoms with Gasteiger partial charge in [0.2, 0.25) is 0 Å². The summed E-state index contributed by atoms with van der Waals surface area (Å²) in [5.74, 6) is 0.435. The first kappa shape index (κ1) is 12.2. The van der Waals surface area contributed by atoms with E-state index in [2.05, 4.69) is 11.9 Å². The molecule has 0 radical (unpaired) electrons. The highest BCUT2D eigenvalue weighted by molar-refractivity contribution is 6.30. The van der Waals surface area contributed by atoms with Gasteiger partial charge in [0.25, 0.3) is 0 Å². The first-order chi connectivity index (χ1) is 7.12. The van der Waals surface area contributed by atoms with Gasteiger partial charge in [-0.1, -0.05) is 17.7 Å². The fraction of sp³-hybridized carbons (Fsp3) is 0.500. The zero-order chi connectivity index (χ0) is 10.6. The van der Waals surface area contributed by atoms with Crippen molar-refractivity contribution in [1.82, 2.24) is 4.90 Å². The summed E-state index contributed by atoms with van der Waals surface area (Å²) in [5, 5.41) is 0.252. The molecule has 1 nitrogen and oxygen atoms in total. The number of benzene rings is 1. The second kappa shape index (κ2) is 3.86. The number of hydrogen-bond donors (Lipinski definition) is 0. The molecule has 0 spiro atoms. The van der Waals surface area contributed by atoms with E-state index >= 15 is 0 Å². The number of likely N-dealkylation sites (N-methyl/N-ethyl adjacent to an activating group) is 1. The zero-order valence-corrected chi connectivity index (χ0v) is 10.6. The summed E-state index contributed by atoms with van der Waals surface area (Å²) in [7, 11) is 2.14. The van der Waals surface area contributed by atoms with Gasteiger partial charge in [-0.2, -0.15) is 0 Å². The molecule has 1 aliphatic heterocycles. The topological polar surface area (TPSA) is 3.24 Å². The summed E-state index contributed by atoms with van der Waals surface area (Å²) in [6, 6.07) is 5.18. The van der Waals surface area contributed by atoms with Crippen LogP contribution in [-0.4, -0.2) is 25.0 Å². The molecule has 0 N–H and O–H groups in total. The van der Waals surface area contributed by atoms with Crippen molar-refractivity contribution in [2.45, 2.75) is 11.8 Å². The Bertz CT molecular complexity index is 423. The number of rotatable bonds is 1. The highest BCUT2D eigenvalue weighted by Gasteiger charge is 2.59. The average Bonchev–Trinajstić information content (AvgIpc) is 2.75. The standard InChI is InChI=1S/C12H13ClFN.ClH/c1-15-6-9-5-12(9,7-15)8-2-3-11(14)10(13)4-8;/h2-4,9H,5-7H2,1H3;1H/t9-,12+;/m1./s1.